The van der Waals surface area contributed by atoms with E-state index in [1.807, 2.05) is 0 Å². The molecule has 14 heavy (non-hydrogen) atoms. The molecule has 3 rings (SSSR count). The summed E-state index contributed by atoms with van der Waals surface area (Å²) in [5.41, 5.74) is 1.87. The van der Waals surface area contributed by atoms with Gasteiger partial charge in [0.25, 0.3) is 0 Å². The van der Waals surface area contributed by atoms with E-state index >= 15 is 0 Å². The van der Waals surface area contributed by atoms with Crippen molar-refractivity contribution in [3.63, 3.8) is 0 Å². The fraction of sp³-hybridized carbons (Fsp3) is 0.444. The third-order valence-corrected chi connectivity index (χ3v) is 2.96. The van der Waals surface area contributed by atoms with Crippen molar-refractivity contribution in [3.05, 3.63) is 16.8 Å². The standard InChI is InChI=1S/C9H10N4S/c14-9-7-8(10-5-11-9)12-6-3-1-2-4-13(6)7/h5H,1-4H2,(H,10,11,14). The molecule has 0 amide bonds. The lowest BCUT2D eigenvalue weighted by Gasteiger charge is -2.13. The lowest BCUT2D eigenvalue weighted by atomic mass is 10.2. The van der Waals surface area contributed by atoms with Gasteiger partial charge in [0, 0.05) is 13.0 Å². The minimum absolute atomic E-state index is 0.652. The first-order valence-corrected chi connectivity index (χ1v) is 5.20. The molecule has 0 saturated carbocycles. The smallest absolute Gasteiger partial charge is 0.160 e. The molecule has 1 N–H and O–H groups in total. The number of fused-ring (bicyclic) bond motifs is 3. The molecule has 0 unspecified atom stereocenters. The van der Waals surface area contributed by atoms with Gasteiger partial charge in [0.15, 0.2) is 10.3 Å². The number of aromatic amines is 1. The largest absolute Gasteiger partial charge is 0.329 e. The molecule has 1 aliphatic heterocycles. The molecule has 0 spiro atoms. The number of nitrogens with one attached hydrogen (secondary N) is 1. The van der Waals surface area contributed by atoms with Crippen LogP contribution in [0.5, 0.6) is 0 Å². The third kappa shape index (κ3) is 1.02. The van der Waals surface area contributed by atoms with E-state index in [0.29, 0.717) is 4.64 Å². The lowest BCUT2D eigenvalue weighted by molar-refractivity contribution is 0.532. The molecule has 72 valence electrons. The molecule has 2 aromatic rings. The quantitative estimate of drug-likeness (QED) is 0.669. The Morgan fingerprint density at radius 1 is 1.43 bits per heavy atom. The Balaban J connectivity index is 2.44. The predicted molar refractivity (Wildman–Crippen MR) is 55.7 cm³/mol. The van der Waals surface area contributed by atoms with Crippen molar-refractivity contribution >= 4 is 23.4 Å². The third-order valence-electron chi connectivity index (χ3n) is 2.66. The van der Waals surface area contributed by atoms with E-state index in [1.165, 1.54) is 12.8 Å². The summed E-state index contributed by atoms with van der Waals surface area (Å²) in [6.07, 6.45) is 5.10. The summed E-state index contributed by atoms with van der Waals surface area (Å²) < 4.78 is 2.85. The molecular formula is C9H10N4S. The molecule has 0 saturated heterocycles. The van der Waals surface area contributed by atoms with Crippen LogP contribution in [-0.4, -0.2) is 19.5 Å². The van der Waals surface area contributed by atoms with E-state index in [0.717, 1.165) is 30.0 Å². The Bertz CT molecular complexity index is 539. The molecule has 4 nitrogen and oxygen atoms in total. The van der Waals surface area contributed by atoms with Gasteiger partial charge < -0.3 is 9.55 Å². The highest BCUT2D eigenvalue weighted by atomic mass is 32.1. The van der Waals surface area contributed by atoms with Crippen LogP contribution in [0.15, 0.2) is 6.33 Å². The first-order valence-electron chi connectivity index (χ1n) is 4.79. The van der Waals surface area contributed by atoms with Crippen LogP contribution in [0, 0.1) is 4.64 Å². The fourth-order valence-electron chi connectivity index (χ4n) is 2.01. The average Bonchev–Trinajstić information content (AvgIpc) is 2.57. The summed E-state index contributed by atoms with van der Waals surface area (Å²) >= 11 is 5.20. The number of aryl methyl sites for hydroxylation is 2. The number of imidazole rings is 1. The van der Waals surface area contributed by atoms with Crippen LogP contribution < -0.4 is 0 Å². The van der Waals surface area contributed by atoms with Gasteiger partial charge in [-0.2, -0.15) is 0 Å². The topological polar surface area (TPSA) is 46.5 Å². The summed E-state index contributed by atoms with van der Waals surface area (Å²) in [5, 5.41) is 0. The van der Waals surface area contributed by atoms with Crippen molar-refractivity contribution in [2.24, 2.45) is 0 Å². The van der Waals surface area contributed by atoms with Crippen molar-refractivity contribution in [1.29, 1.82) is 0 Å². The zero-order valence-electron chi connectivity index (χ0n) is 7.66. The molecule has 0 fully saturated rings. The van der Waals surface area contributed by atoms with Gasteiger partial charge in [0.2, 0.25) is 0 Å². The second-order valence-corrected chi connectivity index (χ2v) is 3.93. The minimum atomic E-state index is 0.652. The van der Waals surface area contributed by atoms with Crippen LogP contribution in [0.3, 0.4) is 0 Å². The minimum Gasteiger partial charge on any atom is -0.329 e. The monoisotopic (exact) mass is 206 g/mol. The zero-order chi connectivity index (χ0) is 9.54. The van der Waals surface area contributed by atoms with Gasteiger partial charge in [-0.05, 0) is 12.8 Å². The Morgan fingerprint density at radius 2 is 2.36 bits per heavy atom. The zero-order valence-corrected chi connectivity index (χ0v) is 8.47. The maximum atomic E-state index is 5.20. The number of rotatable bonds is 0. The van der Waals surface area contributed by atoms with E-state index < -0.39 is 0 Å². The molecule has 3 heterocycles. The van der Waals surface area contributed by atoms with Gasteiger partial charge in [-0.15, -0.1) is 0 Å². The SMILES string of the molecule is S=c1nc[nH]c2nc3n(c12)CCCC3. The van der Waals surface area contributed by atoms with E-state index in [4.69, 9.17) is 12.2 Å². The van der Waals surface area contributed by atoms with Crippen molar-refractivity contribution in [1.82, 2.24) is 19.5 Å². The van der Waals surface area contributed by atoms with E-state index in [1.54, 1.807) is 6.33 Å². The Labute approximate surface area is 86.0 Å². The maximum Gasteiger partial charge on any atom is 0.160 e. The highest BCUT2D eigenvalue weighted by Gasteiger charge is 2.15. The first-order chi connectivity index (χ1) is 6.86. The van der Waals surface area contributed by atoms with Crippen molar-refractivity contribution in [3.8, 4) is 0 Å². The summed E-state index contributed by atoms with van der Waals surface area (Å²) in [6, 6.07) is 0. The summed E-state index contributed by atoms with van der Waals surface area (Å²) in [7, 11) is 0. The first kappa shape index (κ1) is 8.11. The lowest BCUT2D eigenvalue weighted by Crippen LogP contribution is -2.10. The van der Waals surface area contributed by atoms with Crippen molar-refractivity contribution in [2.45, 2.75) is 25.8 Å². The number of aromatic nitrogens is 4. The molecule has 2 aromatic heterocycles. The van der Waals surface area contributed by atoms with Gasteiger partial charge in [-0.1, -0.05) is 12.2 Å². The number of hydrogen-bond donors (Lipinski definition) is 1. The van der Waals surface area contributed by atoms with Crippen LogP contribution in [-0.2, 0) is 13.0 Å². The van der Waals surface area contributed by atoms with Crippen molar-refractivity contribution < 1.29 is 0 Å². The van der Waals surface area contributed by atoms with E-state index in [9.17, 15) is 0 Å². The van der Waals surface area contributed by atoms with Crippen LogP contribution in [0.25, 0.3) is 11.2 Å². The van der Waals surface area contributed by atoms with Crippen LogP contribution in [0.2, 0.25) is 0 Å². The Kier molecular flexibility index (Phi) is 1.67. The average molecular weight is 206 g/mol. The van der Waals surface area contributed by atoms with Crippen LogP contribution in [0.1, 0.15) is 18.7 Å². The molecule has 0 bridgehead atoms. The van der Waals surface area contributed by atoms with Crippen LogP contribution in [0.4, 0.5) is 0 Å². The number of H-pyrrole nitrogens is 1. The molecule has 0 aliphatic carbocycles. The van der Waals surface area contributed by atoms with Crippen molar-refractivity contribution in [2.75, 3.05) is 0 Å². The van der Waals surface area contributed by atoms with Gasteiger partial charge in [-0.25, -0.2) is 9.97 Å². The molecule has 0 aromatic carbocycles. The van der Waals surface area contributed by atoms with E-state index in [2.05, 4.69) is 19.5 Å². The highest BCUT2D eigenvalue weighted by molar-refractivity contribution is 7.71. The van der Waals surface area contributed by atoms with E-state index in [-0.39, 0.29) is 0 Å². The normalized spacial score (nSPS) is 15.7. The predicted octanol–water partition coefficient (Wildman–Crippen LogP) is 1.83. The Morgan fingerprint density at radius 3 is 3.29 bits per heavy atom. The summed E-state index contributed by atoms with van der Waals surface area (Å²) in [6.45, 7) is 1.02. The Hall–Kier alpha value is -1.23. The molecule has 0 radical (unpaired) electrons. The molecule has 1 aliphatic rings. The van der Waals surface area contributed by atoms with Crippen LogP contribution >= 0.6 is 12.2 Å². The number of nitrogens with zero attached hydrogens (tertiary/aromatic N) is 3. The maximum absolute atomic E-state index is 5.20. The van der Waals surface area contributed by atoms with Gasteiger partial charge >= 0.3 is 0 Å². The second kappa shape index (κ2) is 2.88. The molecular weight excluding hydrogens is 196 g/mol. The molecule has 5 heteroatoms. The van der Waals surface area contributed by atoms with Gasteiger partial charge in [0.05, 0.1) is 6.33 Å². The molecule has 0 atom stereocenters. The fourth-order valence-corrected chi connectivity index (χ4v) is 2.27. The summed E-state index contributed by atoms with van der Waals surface area (Å²) in [5.74, 6) is 1.14. The summed E-state index contributed by atoms with van der Waals surface area (Å²) in [4.78, 5) is 11.6. The van der Waals surface area contributed by atoms with Gasteiger partial charge in [0.1, 0.15) is 11.3 Å². The highest BCUT2D eigenvalue weighted by Crippen LogP contribution is 2.20. The number of hydrogen-bond acceptors (Lipinski definition) is 3. The van der Waals surface area contributed by atoms with Gasteiger partial charge in [-0.3, -0.25) is 0 Å². The second-order valence-electron chi connectivity index (χ2n) is 3.54.